The van der Waals surface area contributed by atoms with E-state index in [9.17, 15) is 9.59 Å². The van der Waals surface area contributed by atoms with Crippen molar-refractivity contribution < 1.29 is 19.4 Å². The van der Waals surface area contributed by atoms with Gasteiger partial charge in [-0.3, -0.25) is 4.79 Å². The van der Waals surface area contributed by atoms with Gasteiger partial charge in [-0.05, 0) is 33.1 Å². The number of amides is 1. The van der Waals surface area contributed by atoms with Gasteiger partial charge >= 0.3 is 12.1 Å². The fraction of sp³-hybridized carbons (Fsp3) is 0.818. The van der Waals surface area contributed by atoms with Crippen LogP contribution in [0.1, 0.15) is 33.6 Å². The highest BCUT2D eigenvalue weighted by Gasteiger charge is 2.44. The maximum absolute atomic E-state index is 11.6. The van der Waals surface area contributed by atoms with E-state index in [2.05, 4.69) is 0 Å². The van der Waals surface area contributed by atoms with Crippen LogP contribution in [0, 0.1) is 5.92 Å². The van der Waals surface area contributed by atoms with Gasteiger partial charge in [-0.2, -0.15) is 0 Å². The molecule has 1 amide bonds. The predicted molar refractivity (Wildman–Crippen MR) is 58.1 cm³/mol. The van der Waals surface area contributed by atoms with Gasteiger partial charge in [0, 0.05) is 13.1 Å². The first-order valence-corrected chi connectivity index (χ1v) is 5.38. The van der Waals surface area contributed by atoms with Crippen LogP contribution in [0.2, 0.25) is 0 Å². The number of ether oxygens (including phenoxy) is 1. The molecule has 2 atom stereocenters. The third-order valence-electron chi connectivity index (χ3n) is 2.50. The van der Waals surface area contributed by atoms with Crippen molar-refractivity contribution in [2.75, 3.05) is 7.05 Å². The van der Waals surface area contributed by atoms with E-state index >= 15 is 0 Å². The minimum Gasteiger partial charge on any atom is -0.481 e. The van der Waals surface area contributed by atoms with Gasteiger partial charge in [-0.1, -0.05) is 0 Å². The van der Waals surface area contributed by atoms with E-state index in [1.165, 1.54) is 4.90 Å². The van der Waals surface area contributed by atoms with Crippen molar-refractivity contribution in [1.29, 1.82) is 0 Å². The molecule has 5 nitrogen and oxygen atoms in total. The molecule has 0 heterocycles. The van der Waals surface area contributed by atoms with Crippen LogP contribution in [-0.4, -0.2) is 40.8 Å². The minimum absolute atomic E-state index is 0.0194. The molecule has 1 aliphatic carbocycles. The summed E-state index contributed by atoms with van der Waals surface area (Å²) in [5.41, 5.74) is -0.511. The Bertz CT molecular complexity index is 295. The van der Waals surface area contributed by atoms with E-state index < -0.39 is 11.6 Å². The van der Waals surface area contributed by atoms with Crippen molar-refractivity contribution in [2.45, 2.75) is 45.3 Å². The molecule has 0 spiro atoms. The Morgan fingerprint density at radius 3 is 2.44 bits per heavy atom. The second kappa shape index (κ2) is 4.31. The first kappa shape index (κ1) is 12.8. The van der Waals surface area contributed by atoms with Crippen LogP contribution in [0.3, 0.4) is 0 Å². The summed E-state index contributed by atoms with van der Waals surface area (Å²) in [6, 6.07) is 0.0194. The van der Waals surface area contributed by atoms with Gasteiger partial charge < -0.3 is 14.7 Å². The molecule has 0 aromatic heterocycles. The molecule has 5 heteroatoms. The largest absolute Gasteiger partial charge is 0.481 e. The zero-order valence-corrected chi connectivity index (χ0v) is 10.2. The van der Waals surface area contributed by atoms with Crippen molar-refractivity contribution in [3.8, 4) is 0 Å². The first-order chi connectivity index (χ1) is 7.20. The van der Waals surface area contributed by atoms with Crippen LogP contribution in [-0.2, 0) is 9.53 Å². The SMILES string of the molecule is CN(C(=O)OC(C)(C)C)C1CC1CC(=O)O. The highest BCUT2D eigenvalue weighted by atomic mass is 16.6. The maximum Gasteiger partial charge on any atom is 0.410 e. The standard InChI is InChI=1S/C11H19NO4/c1-11(2,3)16-10(15)12(4)8-5-7(8)6-9(13)14/h7-8H,5-6H2,1-4H3,(H,13,14). The molecule has 1 fully saturated rings. The highest BCUT2D eigenvalue weighted by Crippen LogP contribution is 2.38. The van der Waals surface area contributed by atoms with Gasteiger partial charge in [0.25, 0.3) is 0 Å². The smallest absolute Gasteiger partial charge is 0.410 e. The summed E-state index contributed by atoms with van der Waals surface area (Å²) in [4.78, 5) is 23.6. The van der Waals surface area contributed by atoms with Crippen LogP contribution >= 0.6 is 0 Å². The second-order valence-electron chi connectivity index (χ2n) is 5.25. The quantitative estimate of drug-likeness (QED) is 0.800. The maximum atomic E-state index is 11.6. The molecule has 16 heavy (non-hydrogen) atoms. The van der Waals surface area contributed by atoms with Crippen LogP contribution < -0.4 is 0 Å². The molecule has 0 aromatic carbocycles. The fourth-order valence-corrected chi connectivity index (χ4v) is 1.62. The number of rotatable bonds is 3. The predicted octanol–water partition coefficient (Wildman–Crippen LogP) is 1.72. The molecule has 0 saturated heterocycles. The number of nitrogens with zero attached hydrogens (tertiary/aromatic N) is 1. The molecule has 92 valence electrons. The molecule has 1 aliphatic rings. The number of carboxylic acids is 1. The number of carboxylic acid groups (broad SMARTS) is 1. The minimum atomic E-state index is -0.815. The van der Waals surface area contributed by atoms with Crippen LogP contribution in [0.4, 0.5) is 4.79 Å². The molecule has 1 N–H and O–H groups in total. The fourth-order valence-electron chi connectivity index (χ4n) is 1.62. The molecule has 1 saturated carbocycles. The van der Waals surface area contributed by atoms with Gasteiger partial charge in [0.2, 0.25) is 0 Å². The van der Waals surface area contributed by atoms with Crippen molar-refractivity contribution in [3.63, 3.8) is 0 Å². The van der Waals surface area contributed by atoms with Gasteiger partial charge in [-0.15, -0.1) is 0 Å². The third-order valence-corrected chi connectivity index (χ3v) is 2.50. The molecule has 0 bridgehead atoms. The lowest BCUT2D eigenvalue weighted by Crippen LogP contribution is -2.36. The number of carbonyl (C=O) groups is 2. The van der Waals surface area contributed by atoms with Crippen molar-refractivity contribution in [1.82, 2.24) is 4.90 Å². The van der Waals surface area contributed by atoms with Crippen LogP contribution in [0.15, 0.2) is 0 Å². The molecule has 0 radical (unpaired) electrons. The Balaban J connectivity index is 2.39. The van der Waals surface area contributed by atoms with Gasteiger partial charge in [0.15, 0.2) is 0 Å². The Hall–Kier alpha value is -1.26. The van der Waals surface area contributed by atoms with E-state index in [4.69, 9.17) is 9.84 Å². The van der Waals surface area contributed by atoms with Crippen molar-refractivity contribution in [3.05, 3.63) is 0 Å². The van der Waals surface area contributed by atoms with Gasteiger partial charge in [0.1, 0.15) is 5.60 Å². The number of carbonyl (C=O) groups excluding carboxylic acids is 1. The second-order valence-corrected chi connectivity index (χ2v) is 5.25. The van der Waals surface area contributed by atoms with E-state index in [0.717, 1.165) is 6.42 Å². The number of aliphatic carboxylic acids is 1. The Labute approximate surface area is 95.4 Å². The van der Waals surface area contributed by atoms with E-state index in [1.807, 2.05) is 0 Å². The number of hydrogen-bond acceptors (Lipinski definition) is 3. The van der Waals surface area contributed by atoms with Crippen LogP contribution in [0.5, 0.6) is 0 Å². The monoisotopic (exact) mass is 229 g/mol. The Morgan fingerprint density at radius 2 is 2.00 bits per heavy atom. The normalized spacial score (nSPS) is 23.8. The molecule has 2 unspecified atom stereocenters. The lowest BCUT2D eigenvalue weighted by atomic mass is 10.2. The average Bonchev–Trinajstić information content (AvgIpc) is 2.78. The Kier molecular flexibility index (Phi) is 3.45. The van der Waals surface area contributed by atoms with Crippen molar-refractivity contribution >= 4 is 12.1 Å². The third kappa shape index (κ3) is 3.72. The lowest BCUT2D eigenvalue weighted by Gasteiger charge is -2.24. The van der Waals surface area contributed by atoms with E-state index in [1.54, 1.807) is 27.8 Å². The zero-order valence-electron chi connectivity index (χ0n) is 10.2. The zero-order chi connectivity index (χ0) is 12.5. The topological polar surface area (TPSA) is 66.8 Å². The summed E-state index contributed by atoms with van der Waals surface area (Å²) in [6.07, 6.45) is 0.491. The average molecular weight is 229 g/mol. The summed E-state index contributed by atoms with van der Waals surface area (Å²) in [6.45, 7) is 5.42. The van der Waals surface area contributed by atoms with Crippen molar-refractivity contribution in [2.24, 2.45) is 5.92 Å². The summed E-state index contributed by atoms with van der Waals surface area (Å²) in [5, 5.41) is 8.61. The molecule has 0 aromatic rings. The molecular weight excluding hydrogens is 210 g/mol. The number of hydrogen-bond donors (Lipinski definition) is 1. The van der Waals surface area contributed by atoms with Crippen LogP contribution in [0.25, 0.3) is 0 Å². The summed E-state index contributed by atoms with van der Waals surface area (Å²) >= 11 is 0. The first-order valence-electron chi connectivity index (χ1n) is 5.38. The van der Waals surface area contributed by atoms with Gasteiger partial charge in [-0.25, -0.2) is 4.79 Å². The summed E-state index contributed by atoms with van der Waals surface area (Å²) < 4.78 is 5.19. The molecule has 1 rings (SSSR count). The molecule has 0 aliphatic heterocycles. The summed E-state index contributed by atoms with van der Waals surface area (Å²) in [5.74, 6) is -0.736. The van der Waals surface area contributed by atoms with E-state index in [-0.39, 0.29) is 24.5 Å². The molecular formula is C11H19NO4. The highest BCUT2D eigenvalue weighted by molar-refractivity contribution is 5.70. The summed E-state index contributed by atoms with van der Waals surface area (Å²) in [7, 11) is 1.65. The van der Waals surface area contributed by atoms with E-state index in [0.29, 0.717) is 0 Å². The Morgan fingerprint density at radius 1 is 1.44 bits per heavy atom. The van der Waals surface area contributed by atoms with Gasteiger partial charge in [0.05, 0.1) is 6.42 Å². The lowest BCUT2D eigenvalue weighted by molar-refractivity contribution is -0.137.